The van der Waals surface area contributed by atoms with E-state index >= 15 is 4.39 Å². The highest BCUT2D eigenvalue weighted by atomic mass is 19.1. The number of aromatic nitrogens is 3. The maximum absolute atomic E-state index is 15.3. The van der Waals surface area contributed by atoms with Gasteiger partial charge in [-0.1, -0.05) is 11.8 Å². The molecule has 1 fully saturated rings. The Kier molecular flexibility index (Phi) is 7.43. The number of aryl methyl sites for hydroxylation is 1. The van der Waals surface area contributed by atoms with E-state index in [1.807, 2.05) is 13.0 Å². The van der Waals surface area contributed by atoms with E-state index in [2.05, 4.69) is 31.9 Å². The van der Waals surface area contributed by atoms with Crippen molar-refractivity contribution in [2.45, 2.75) is 32.4 Å². The molecular formula is C26H29FN4O3. The lowest BCUT2D eigenvalue weighted by molar-refractivity contribution is -0.146. The monoisotopic (exact) mass is 464 g/mol. The molecule has 0 aliphatic carbocycles. The molecule has 4 rings (SSSR count). The zero-order valence-corrected chi connectivity index (χ0v) is 19.4. The molecule has 2 N–H and O–H groups in total. The first-order chi connectivity index (χ1) is 16.5. The number of pyridine rings is 1. The van der Waals surface area contributed by atoms with Crippen molar-refractivity contribution in [3.05, 3.63) is 53.5 Å². The number of carboxylic acids is 1. The molecule has 1 saturated heterocycles. The molecule has 0 spiro atoms. The van der Waals surface area contributed by atoms with Crippen LogP contribution in [0.1, 0.15) is 42.3 Å². The van der Waals surface area contributed by atoms with E-state index in [0.29, 0.717) is 42.8 Å². The maximum atomic E-state index is 15.3. The van der Waals surface area contributed by atoms with Crippen molar-refractivity contribution in [3.63, 3.8) is 0 Å². The fraction of sp³-hybridized carbons (Fsp3) is 0.423. The van der Waals surface area contributed by atoms with Gasteiger partial charge in [-0.3, -0.25) is 19.8 Å². The smallest absolute Gasteiger partial charge is 0.308 e. The number of piperidine rings is 1. The molecule has 3 atom stereocenters. The van der Waals surface area contributed by atoms with Gasteiger partial charge in [-0.2, -0.15) is 5.10 Å². The number of nitrogens with zero attached hydrogens (tertiary/aromatic N) is 3. The molecule has 3 aromatic rings. The summed E-state index contributed by atoms with van der Waals surface area (Å²) in [5.74, 6) is 5.41. The summed E-state index contributed by atoms with van der Waals surface area (Å²) >= 11 is 0. The van der Waals surface area contributed by atoms with Gasteiger partial charge in [0, 0.05) is 23.8 Å². The summed E-state index contributed by atoms with van der Waals surface area (Å²) in [5, 5.41) is 17.4. The van der Waals surface area contributed by atoms with Crippen molar-refractivity contribution in [2.24, 2.45) is 11.8 Å². The second-order valence-electron chi connectivity index (χ2n) is 8.77. The second kappa shape index (κ2) is 10.7. The Hall–Kier alpha value is -3.44. The molecule has 1 aliphatic heterocycles. The highest BCUT2D eigenvalue weighted by Gasteiger charge is 2.34. The number of alkyl halides is 1. The fourth-order valence-electron chi connectivity index (χ4n) is 4.62. The SMILES string of the molecule is COc1ccc2nccc([C@@H](F)CC[C@@H]3CCN(CC#Cc4cn[nH]c4C)C[C@@H]3C(=O)O)c2c1. The molecule has 0 amide bonds. The van der Waals surface area contributed by atoms with Crippen LogP contribution in [0.2, 0.25) is 0 Å². The summed E-state index contributed by atoms with van der Waals surface area (Å²) < 4.78 is 20.6. The number of H-pyrrole nitrogens is 1. The van der Waals surface area contributed by atoms with Crippen LogP contribution < -0.4 is 4.74 Å². The Bertz CT molecular complexity index is 1220. The van der Waals surface area contributed by atoms with Crippen LogP contribution in [0, 0.1) is 30.6 Å². The normalized spacial score (nSPS) is 19.4. The number of nitrogens with one attached hydrogen (secondary N) is 1. The average molecular weight is 465 g/mol. The molecule has 0 bridgehead atoms. The molecule has 34 heavy (non-hydrogen) atoms. The number of halogens is 1. The van der Waals surface area contributed by atoms with Gasteiger partial charge < -0.3 is 9.84 Å². The molecule has 0 radical (unpaired) electrons. The lowest BCUT2D eigenvalue weighted by atomic mass is 9.81. The van der Waals surface area contributed by atoms with Crippen LogP contribution in [-0.4, -0.2) is 57.9 Å². The van der Waals surface area contributed by atoms with E-state index in [9.17, 15) is 9.90 Å². The van der Waals surface area contributed by atoms with Crippen molar-refractivity contribution in [2.75, 3.05) is 26.7 Å². The van der Waals surface area contributed by atoms with Gasteiger partial charge in [0.25, 0.3) is 0 Å². The van der Waals surface area contributed by atoms with Crippen molar-refractivity contribution in [1.82, 2.24) is 20.1 Å². The number of likely N-dealkylation sites (tertiary alicyclic amines) is 1. The Morgan fingerprint density at radius 2 is 2.26 bits per heavy atom. The van der Waals surface area contributed by atoms with E-state index < -0.39 is 18.1 Å². The Morgan fingerprint density at radius 1 is 1.41 bits per heavy atom. The topological polar surface area (TPSA) is 91.3 Å². The molecule has 178 valence electrons. The number of methoxy groups -OCH3 is 1. The highest BCUT2D eigenvalue weighted by molar-refractivity contribution is 5.83. The minimum absolute atomic E-state index is 0.0706. The maximum Gasteiger partial charge on any atom is 0.308 e. The number of benzene rings is 1. The number of hydrogen-bond acceptors (Lipinski definition) is 5. The van der Waals surface area contributed by atoms with Crippen molar-refractivity contribution in [1.29, 1.82) is 0 Å². The first-order valence-electron chi connectivity index (χ1n) is 11.5. The molecule has 2 aromatic heterocycles. The summed E-state index contributed by atoms with van der Waals surface area (Å²) in [6.07, 6.45) is 3.59. The molecule has 0 saturated carbocycles. The van der Waals surface area contributed by atoms with Gasteiger partial charge in [-0.25, -0.2) is 4.39 Å². The standard InChI is InChI=1S/C26H29FN4O3/c1-17-19(15-29-30-17)4-3-12-31-13-10-18(23(16-31)26(32)33)5-7-24(27)21-9-11-28-25-8-6-20(34-2)14-22(21)25/h6,8-9,11,14-15,18,23-24H,5,7,10,12-13,16H2,1-2H3,(H,29,30)(H,32,33)/t18-,23+,24+/m1/s1. The Morgan fingerprint density at radius 3 is 3.00 bits per heavy atom. The molecular weight excluding hydrogens is 435 g/mol. The minimum Gasteiger partial charge on any atom is -0.497 e. The summed E-state index contributed by atoms with van der Waals surface area (Å²) in [4.78, 5) is 18.4. The zero-order valence-electron chi connectivity index (χ0n) is 19.4. The van der Waals surface area contributed by atoms with Crippen LogP contribution in [0.3, 0.4) is 0 Å². The van der Waals surface area contributed by atoms with Gasteiger partial charge in [0.15, 0.2) is 0 Å². The van der Waals surface area contributed by atoms with Gasteiger partial charge >= 0.3 is 5.97 Å². The van der Waals surface area contributed by atoms with Crippen LogP contribution in [0.4, 0.5) is 4.39 Å². The van der Waals surface area contributed by atoms with Crippen molar-refractivity contribution >= 4 is 16.9 Å². The molecule has 8 heteroatoms. The number of ether oxygens (including phenoxy) is 1. The van der Waals surface area contributed by atoms with Crippen LogP contribution in [0.15, 0.2) is 36.7 Å². The van der Waals surface area contributed by atoms with Gasteiger partial charge in [0.2, 0.25) is 0 Å². The first kappa shape index (κ1) is 23.7. The molecule has 0 unspecified atom stereocenters. The first-order valence-corrected chi connectivity index (χ1v) is 11.5. The number of carboxylic acid groups (broad SMARTS) is 1. The van der Waals surface area contributed by atoms with Gasteiger partial charge in [0.05, 0.1) is 36.8 Å². The molecule has 1 aliphatic rings. The van der Waals surface area contributed by atoms with E-state index in [0.717, 1.165) is 23.2 Å². The number of fused-ring (bicyclic) bond motifs is 1. The van der Waals surface area contributed by atoms with Crippen molar-refractivity contribution in [3.8, 4) is 17.6 Å². The number of aliphatic carboxylic acids is 1. The Balaban J connectivity index is 1.38. The van der Waals surface area contributed by atoms with E-state index in [1.165, 1.54) is 0 Å². The number of carbonyl (C=O) groups is 1. The van der Waals surface area contributed by atoms with Gasteiger partial charge in [0.1, 0.15) is 11.9 Å². The number of rotatable bonds is 7. The molecule has 7 nitrogen and oxygen atoms in total. The van der Waals surface area contributed by atoms with Crippen LogP contribution >= 0.6 is 0 Å². The van der Waals surface area contributed by atoms with Crippen LogP contribution in [-0.2, 0) is 4.79 Å². The average Bonchev–Trinajstić information content (AvgIpc) is 3.26. The van der Waals surface area contributed by atoms with E-state index in [4.69, 9.17) is 4.74 Å². The third-order valence-electron chi connectivity index (χ3n) is 6.62. The lowest BCUT2D eigenvalue weighted by Gasteiger charge is -2.35. The number of hydrogen-bond donors (Lipinski definition) is 2. The van der Waals surface area contributed by atoms with E-state index in [1.54, 1.807) is 37.7 Å². The quantitative estimate of drug-likeness (QED) is 0.511. The predicted octanol–water partition coefficient (Wildman–Crippen LogP) is 4.14. The zero-order chi connectivity index (χ0) is 24.1. The van der Waals surface area contributed by atoms with Crippen molar-refractivity contribution < 1.29 is 19.0 Å². The predicted molar refractivity (Wildman–Crippen MR) is 127 cm³/mol. The third-order valence-corrected chi connectivity index (χ3v) is 6.62. The number of aromatic amines is 1. The molecule has 3 heterocycles. The lowest BCUT2D eigenvalue weighted by Crippen LogP contribution is -2.44. The second-order valence-corrected chi connectivity index (χ2v) is 8.77. The third kappa shape index (κ3) is 5.37. The van der Waals surface area contributed by atoms with Crippen LogP contribution in [0.5, 0.6) is 5.75 Å². The molecule has 1 aromatic carbocycles. The minimum atomic E-state index is -1.20. The highest BCUT2D eigenvalue weighted by Crippen LogP contribution is 2.35. The largest absolute Gasteiger partial charge is 0.497 e. The summed E-state index contributed by atoms with van der Waals surface area (Å²) in [6.45, 7) is 3.58. The van der Waals surface area contributed by atoms with Gasteiger partial charge in [-0.05, 0) is 68.5 Å². The van der Waals surface area contributed by atoms with Crippen LogP contribution in [0.25, 0.3) is 10.9 Å². The summed E-state index contributed by atoms with van der Waals surface area (Å²) in [7, 11) is 1.58. The fourth-order valence-corrected chi connectivity index (χ4v) is 4.62. The summed E-state index contributed by atoms with van der Waals surface area (Å²) in [6, 6.07) is 7.12. The van der Waals surface area contributed by atoms with E-state index in [-0.39, 0.29) is 12.3 Å². The Labute approximate surface area is 198 Å². The summed E-state index contributed by atoms with van der Waals surface area (Å²) in [5.41, 5.74) is 3.04. The van der Waals surface area contributed by atoms with Gasteiger partial charge in [-0.15, -0.1) is 0 Å².